The first-order valence-electron chi connectivity index (χ1n) is 7.66. The van der Waals surface area contributed by atoms with Crippen molar-refractivity contribution in [2.24, 2.45) is 0 Å². The number of anilines is 1. The Labute approximate surface area is 131 Å². The number of ether oxygens (including phenoxy) is 1. The number of pyridine rings is 1. The molecule has 0 bridgehead atoms. The van der Waals surface area contributed by atoms with Gasteiger partial charge >= 0.3 is 6.09 Å². The van der Waals surface area contributed by atoms with Gasteiger partial charge in [0.2, 0.25) is 0 Å². The number of amides is 1. The second-order valence-electron chi connectivity index (χ2n) is 6.74. The molecular weight excluding hydrogens is 278 g/mol. The van der Waals surface area contributed by atoms with Gasteiger partial charge in [0, 0.05) is 12.2 Å². The van der Waals surface area contributed by atoms with Gasteiger partial charge in [-0.2, -0.15) is 0 Å². The third kappa shape index (κ3) is 4.23. The molecule has 2 rings (SSSR count). The average Bonchev–Trinajstić information content (AvgIpc) is 2.41. The highest BCUT2D eigenvalue weighted by atomic mass is 16.6. The van der Waals surface area contributed by atoms with Gasteiger partial charge in [-0.15, -0.1) is 0 Å². The summed E-state index contributed by atoms with van der Waals surface area (Å²) in [6.45, 7) is 7.56. The molecule has 1 unspecified atom stereocenters. The summed E-state index contributed by atoms with van der Waals surface area (Å²) in [5, 5.41) is 2.92. The monoisotopic (exact) mass is 303 g/mol. The van der Waals surface area contributed by atoms with Crippen molar-refractivity contribution in [1.29, 1.82) is 0 Å². The van der Waals surface area contributed by atoms with Crippen molar-refractivity contribution in [3.8, 4) is 0 Å². The predicted octanol–water partition coefficient (Wildman–Crippen LogP) is 3.43. The van der Waals surface area contributed by atoms with E-state index in [2.05, 4.69) is 16.4 Å². The van der Waals surface area contributed by atoms with Crippen LogP contribution in [0.15, 0.2) is 18.3 Å². The minimum absolute atomic E-state index is 0.102. The summed E-state index contributed by atoms with van der Waals surface area (Å²) < 4.78 is 5.28. The number of carbonyl (C=O) groups is 1. The molecule has 120 valence electrons. The first kappa shape index (κ1) is 16.3. The van der Waals surface area contributed by atoms with Crippen LogP contribution in [-0.2, 0) is 4.74 Å². The number of rotatable bonds is 2. The van der Waals surface area contributed by atoms with Gasteiger partial charge in [-0.05, 0) is 64.2 Å². The molecule has 1 aliphatic rings. The van der Waals surface area contributed by atoms with Gasteiger partial charge in [-0.25, -0.2) is 4.79 Å². The highest BCUT2D eigenvalue weighted by Gasteiger charge is 2.22. The zero-order chi connectivity index (χ0) is 16.3. The Kier molecular flexibility index (Phi) is 4.74. The standard InChI is InChI=1S/C17H25N3O2/c1-11-9-10-19-15(14(11)18)12-5-7-13(8-6-12)20-16(21)22-17(2,3)4/h5,9-10,13H,6-8,18H2,1-4H3,(H,20,21). The van der Waals surface area contributed by atoms with E-state index >= 15 is 0 Å². The lowest BCUT2D eigenvalue weighted by Gasteiger charge is -2.26. The SMILES string of the molecule is Cc1ccnc(C2=CCC(NC(=O)OC(C)(C)C)CC2)c1N. The number of aromatic nitrogens is 1. The Morgan fingerprint density at radius 2 is 2.18 bits per heavy atom. The Morgan fingerprint density at radius 3 is 2.77 bits per heavy atom. The normalized spacial score (nSPS) is 18.5. The largest absolute Gasteiger partial charge is 0.444 e. The summed E-state index contributed by atoms with van der Waals surface area (Å²) in [5.74, 6) is 0. The van der Waals surface area contributed by atoms with Crippen LogP contribution in [0.2, 0.25) is 0 Å². The number of nitrogens with one attached hydrogen (secondary N) is 1. The van der Waals surface area contributed by atoms with E-state index in [0.717, 1.165) is 41.8 Å². The van der Waals surface area contributed by atoms with Gasteiger partial charge in [0.05, 0.1) is 11.4 Å². The molecule has 1 amide bonds. The van der Waals surface area contributed by atoms with Crippen molar-refractivity contribution in [2.45, 2.75) is 58.6 Å². The zero-order valence-corrected chi connectivity index (χ0v) is 13.8. The summed E-state index contributed by atoms with van der Waals surface area (Å²) in [6.07, 6.45) is 6.02. The number of allylic oxidation sites excluding steroid dienone is 1. The molecule has 0 saturated carbocycles. The van der Waals surface area contributed by atoms with E-state index in [0.29, 0.717) is 0 Å². The molecule has 1 aliphatic carbocycles. The van der Waals surface area contributed by atoms with Crippen LogP contribution >= 0.6 is 0 Å². The van der Waals surface area contributed by atoms with Crippen LogP contribution in [0.5, 0.6) is 0 Å². The Morgan fingerprint density at radius 1 is 1.45 bits per heavy atom. The molecule has 0 fully saturated rings. The van der Waals surface area contributed by atoms with Crippen LogP contribution < -0.4 is 11.1 Å². The fourth-order valence-corrected chi connectivity index (χ4v) is 2.48. The molecule has 5 nitrogen and oxygen atoms in total. The molecule has 22 heavy (non-hydrogen) atoms. The van der Waals surface area contributed by atoms with E-state index in [9.17, 15) is 4.79 Å². The number of hydrogen-bond donors (Lipinski definition) is 2. The van der Waals surface area contributed by atoms with Crippen LogP contribution in [0.4, 0.5) is 10.5 Å². The molecule has 1 aromatic rings. The molecule has 1 heterocycles. The summed E-state index contributed by atoms with van der Waals surface area (Å²) in [6, 6.07) is 2.01. The van der Waals surface area contributed by atoms with Crippen molar-refractivity contribution in [3.63, 3.8) is 0 Å². The summed E-state index contributed by atoms with van der Waals surface area (Å²) in [5.41, 5.74) is 9.44. The minimum Gasteiger partial charge on any atom is -0.444 e. The van der Waals surface area contributed by atoms with E-state index in [4.69, 9.17) is 10.5 Å². The molecule has 0 aromatic carbocycles. The average molecular weight is 303 g/mol. The van der Waals surface area contributed by atoms with Crippen LogP contribution in [-0.4, -0.2) is 22.7 Å². The molecule has 3 N–H and O–H groups in total. The summed E-state index contributed by atoms with van der Waals surface area (Å²) >= 11 is 0. The second kappa shape index (κ2) is 6.38. The van der Waals surface area contributed by atoms with Crippen LogP contribution in [0.3, 0.4) is 0 Å². The van der Waals surface area contributed by atoms with Crippen LogP contribution in [0.1, 0.15) is 51.3 Å². The predicted molar refractivity (Wildman–Crippen MR) is 88.4 cm³/mol. The molecule has 0 radical (unpaired) electrons. The van der Waals surface area contributed by atoms with Crippen molar-refractivity contribution in [3.05, 3.63) is 29.6 Å². The number of nitrogens with zero attached hydrogens (tertiary/aromatic N) is 1. The van der Waals surface area contributed by atoms with Gasteiger partial charge in [0.1, 0.15) is 5.60 Å². The summed E-state index contributed by atoms with van der Waals surface area (Å²) in [4.78, 5) is 16.2. The van der Waals surface area contributed by atoms with Gasteiger partial charge in [0.25, 0.3) is 0 Å². The minimum atomic E-state index is -0.473. The number of nitrogen functional groups attached to an aromatic ring is 1. The first-order valence-corrected chi connectivity index (χ1v) is 7.66. The smallest absolute Gasteiger partial charge is 0.407 e. The second-order valence-corrected chi connectivity index (χ2v) is 6.74. The van der Waals surface area contributed by atoms with E-state index in [-0.39, 0.29) is 12.1 Å². The number of alkyl carbamates (subject to hydrolysis) is 1. The lowest BCUT2D eigenvalue weighted by molar-refractivity contribution is 0.0502. The molecule has 0 saturated heterocycles. The number of aryl methyl sites for hydroxylation is 1. The summed E-state index contributed by atoms with van der Waals surface area (Å²) in [7, 11) is 0. The van der Waals surface area contributed by atoms with Gasteiger partial charge in [-0.1, -0.05) is 6.08 Å². The van der Waals surface area contributed by atoms with Crippen LogP contribution in [0, 0.1) is 6.92 Å². The maximum atomic E-state index is 11.8. The van der Waals surface area contributed by atoms with E-state index in [1.807, 2.05) is 33.8 Å². The molecule has 0 aliphatic heterocycles. The van der Waals surface area contributed by atoms with E-state index < -0.39 is 5.60 Å². The number of hydrogen-bond acceptors (Lipinski definition) is 4. The van der Waals surface area contributed by atoms with Gasteiger partial charge in [0.15, 0.2) is 0 Å². The van der Waals surface area contributed by atoms with E-state index in [1.54, 1.807) is 6.20 Å². The fraction of sp³-hybridized carbons (Fsp3) is 0.529. The van der Waals surface area contributed by atoms with Crippen molar-refractivity contribution in [1.82, 2.24) is 10.3 Å². The van der Waals surface area contributed by atoms with Crippen molar-refractivity contribution < 1.29 is 9.53 Å². The van der Waals surface area contributed by atoms with Gasteiger partial charge in [-0.3, -0.25) is 4.98 Å². The van der Waals surface area contributed by atoms with Crippen molar-refractivity contribution >= 4 is 17.4 Å². The molecule has 1 aromatic heterocycles. The Hall–Kier alpha value is -2.04. The van der Waals surface area contributed by atoms with Gasteiger partial charge < -0.3 is 15.8 Å². The first-order chi connectivity index (χ1) is 10.3. The topological polar surface area (TPSA) is 77.2 Å². The van der Waals surface area contributed by atoms with Crippen molar-refractivity contribution in [2.75, 3.05) is 5.73 Å². The molecule has 0 spiro atoms. The quantitative estimate of drug-likeness (QED) is 0.877. The third-order valence-corrected chi connectivity index (χ3v) is 3.64. The lowest BCUT2D eigenvalue weighted by atomic mass is 9.92. The van der Waals surface area contributed by atoms with Crippen LogP contribution in [0.25, 0.3) is 5.57 Å². The highest BCUT2D eigenvalue weighted by molar-refractivity contribution is 5.74. The third-order valence-electron chi connectivity index (χ3n) is 3.64. The zero-order valence-electron chi connectivity index (χ0n) is 13.8. The number of carbonyl (C=O) groups excluding carboxylic acids is 1. The Balaban J connectivity index is 1.98. The highest BCUT2D eigenvalue weighted by Crippen LogP contribution is 2.30. The lowest BCUT2D eigenvalue weighted by Crippen LogP contribution is -2.39. The molecule has 1 atom stereocenters. The number of nitrogens with two attached hydrogens (primary N) is 1. The fourth-order valence-electron chi connectivity index (χ4n) is 2.48. The maximum absolute atomic E-state index is 11.8. The molecular formula is C17H25N3O2. The maximum Gasteiger partial charge on any atom is 0.407 e. The van der Waals surface area contributed by atoms with E-state index in [1.165, 1.54) is 0 Å². The molecule has 5 heteroatoms. The Bertz CT molecular complexity index is 588.